The summed E-state index contributed by atoms with van der Waals surface area (Å²) >= 11 is 1.60. The Balaban J connectivity index is 2.48. The van der Waals surface area contributed by atoms with Crippen molar-refractivity contribution in [3.05, 3.63) is 21.9 Å². The summed E-state index contributed by atoms with van der Waals surface area (Å²) in [6.45, 7) is 2.10. The lowest BCUT2D eigenvalue weighted by Gasteiger charge is -1.94. The van der Waals surface area contributed by atoms with Crippen LogP contribution < -0.4 is 0 Å². The molecule has 1 rings (SSSR count). The fourth-order valence-electron chi connectivity index (χ4n) is 1.19. The summed E-state index contributed by atoms with van der Waals surface area (Å²) in [5.74, 6) is 2.77. The van der Waals surface area contributed by atoms with E-state index < -0.39 is 0 Å². The fraction of sp³-hybridized carbons (Fsp3) is 0.417. The molecule has 1 aromatic rings. The summed E-state index contributed by atoms with van der Waals surface area (Å²) in [6, 6.07) is 3.95. The van der Waals surface area contributed by atoms with Crippen LogP contribution >= 0.6 is 11.3 Å². The van der Waals surface area contributed by atoms with Gasteiger partial charge in [-0.2, -0.15) is 0 Å². The number of rotatable bonds is 5. The van der Waals surface area contributed by atoms with Gasteiger partial charge in [0.25, 0.3) is 0 Å². The van der Waals surface area contributed by atoms with Gasteiger partial charge in [-0.05, 0) is 25.0 Å². The topological polar surface area (TPSA) is 17.1 Å². The van der Waals surface area contributed by atoms with Crippen LogP contribution in [0.2, 0.25) is 0 Å². The van der Waals surface area contributed by atoms with Crippen LogP contribution in [0.4, 0.5) is 0 Å². The maximum absolute atomic E-state index is 11.6. The Hall–Kier alpha value is -1.07. The molecule has 0 atom stereocenters. The molecular formula is C12H14OS. The molecule has 0 unspecified atom stereocenters. The van der Waals surface area contributed by atoms with Crippen LogP contribution in [0.15, 0.2) is 12.1 Å². The van der Waals surface area contributed by atoms with Gasteiger partial charge in [-0.1, -0.05) is 6.92 Å². The highest BCUT2D eigenvalue weighted by atomic mass is 32.1. The molecule has 0 saturated heterocycles. The van der Waals surface area contributed by atoms with Gasteiger partial charge in [0.05, 0.1) is 4.88 Å². The molecule has 2 heteroatoms. The highest BCUT2D eigenvalue weighted by Crippen LogP contribution is 2.19. The highest BCUT2D eigenvalue weighted by molar-refractivity contribution is 7.14. The zero-order valence-electron chi connectivity index (χ0n) is 8.38. The molecule has 0 fully saturated rings. The maximum atomic E-state index is 11.6. The number of hydrogen-bond acceptors (Lipinski definition) is 2. The van der Waals surface area contributed by atoms with E-state index in [9.17, 15) is 4.79 Å². The van der Waals surface area contributed by atoms with Gasteiger partial charge in [-0.3, -0.25) is 4.79 Å². The Morgan fingerprint density at radius 3 is 2.93 bits per heavy atom. The average molecular weight is 206 g/mol. The third-order valence-corrected chi connectivity index (χ3v) is 3.28. The van der Waals surface area contributed by atoms with Crippen molar-refractivity contribution >= 4 is 17.1 Å². The van der Waals surface area contributed by atoms with Crippen LogP contribution in [0.3, 0.4) is 0 Å². The van der Waals surface area contributed by atoms with Crippen molar-refractivity contribution in [2.45, 2.75) is 32.6 Å². The van der Waals surface area contributed by atoms with Gasteiger partial charge in [0, 0.05) is 17.7 Å². The minimum Gasteiger partial charge on any atom is -0.293 e. The third-order valence-electron chi connectivity index (χ3n) is 2.01. The summed E-state index contributed by atoms with van der Waals surface area (Å²) in [7, 11) is 0. The minimum atomic E-state index is 0.227. The van der Waals surface area contributed by atoms with Crippen molar-refractivity contribution in [3.63, 3.8) is 0 Å². The first-order valence-corrected chi connectivity index (χ1v) is 5.65. The van der Waals surface area contributed by atoms with Gasteiger partial charge >= 0.3 is 0 Å². The summed E-state index contributed by atoms with van der Waals surface area (Å²) in [4.78, 5) is 13.7. The Bertz CT molecular complexity index is 343. The quantitative estimate of drug-likeness (QED) is 0.410. The van der Waals surface area contributed by atoms with E-state index in [4.69, 9.17) is 6.42 Å². The number of aryl methyl sites for hydroxylation is 1. The first-order chi connectivity index (χ1) is 6.77. The number of unbranched alkanes of at least 4 members (excludes halogenated alkanes) is 1. The predicted octanol–water partition coefficient (Wildman–Crippen LogP) is 3.30. The molecule has 74 valence electrons. The van der Waals surface area contributed by atoms with E-state index in [0.717, 1.165) is 17.7 Å². The molecule has 0 aliphatic rings. The lowest BCUT2D eigenvalue weighted by Crippen LogP contribution is -1.94. The lowest BCUT2D eigenvalue weighted by atomic mass is 10.1. The van der Waals surface area contributed by atoms with Crippen molar-refractivity contribution < 1.29 is 4.79 Å². The van der Waals surface area contributed by atoms with E-state index in [1.165, 1.54) is 4.88 Å². The smallest absolute Gasteiger partial charge is 0.172 e. The molecular weight excluding hydrogens is 192 g/mol. The number of terminal acetylenes is 1. The van der Waals surface area contributed by atoms with Crippen LogP contribution in [-0.2, 0) is 6.42 Å². The summed E-state index contributed by atoms with van der Waals surface area (Å²) < 4.78 is 0. The summed E-state index contributed by atoms with van der Waals surface area (Å²) in [5.41, 5.74) is 0. The Morgan fingerprint density at radius 2 is 2.36 bits per heavy atom. The van der Waals surface area contributed by atoms with Gasteiger partial charge < -0.3 is 0 Å². The lowest BCUT2D eigenvalue weighted by molar-refractivity contribution is 0.0984. The average Bonchev–Trinajstić information content (AvgIpc) is 2.66. The van der Waals surface area contributed by atoms with Crippen LogP contribution in [-0.4, -0.2) is 5.78 Å². The second kappa shape index (κ2) is 5.62. The van der Waals surface area contributed by atoms with Crippen LogP contribution in [0.1, 0.15) is 40.7 Å². The van der Waals surface area contributed by atoms with E-state index in [-0.39, 0.29) is 5.78 Å². The molecule has 1 heterocycles. The van der Waals surface area contributed by atoms with E-state index >= 15 is 0 Å². The number of thiophene rings is 1. The zero-order chi connectivity index (χ0) is 10.4. The van der Waals surface area contributed by atoms with E-state index in [2.05, 4.69) is 12.8 Å². The van der Waals surface area contributed by atoms with Crippen molar-refractivity contribution in [1.82, 2.24) is 0 Å². The molecule has 0 aromatic carbocycles. The van der Waals surface area contributed by atoms with Gasteiger partial charge in [-0.25, -0.2) is 0 Å². The van der Waals surface area contributed by atoms with E-state index in [1.54, 1.807) is 11.3 Å². The molecule has 0 radical (unpaired) electrons. The number of hydrogen-bond donors (Lipinski definition) is 0. The molecule has 1 nitrogen and oxygen atoms in total. The van der Waals surface area contributed by atoms with Crippen molar-refractivity contribution in [2.75, 3.05) is 0 Å². The van der Waals surface area contributed by atoms with Crippen LogP contribution in [0.25, 0.3) is 0 Å². The van der Waals surface area contributed by atoms with Crippen LogP contribution in [0, 0.1) is 12.3 Å². The second-order valence-corrected chi connectivity index (χ2v) is 4.27. The van der Waals surface area contributed by atoms with Gasteiger partial charge in [0.1, 0.15) is 0 Å². The summed E-state index contributed by atoms with van der Waals surface area (Å²) in [5, 5.41) is 0. The summed E-state index contributed by atoms with van der Waals surface area (Å²) in [6.07, 6.45) is 8.19. The van der Waals surface area contributed by atoms with Gasteiger partial charge in [0.15, 0.2) is 5.78 Å². The zero-order valence-corrected chi connectivity index (χ0v) is 9.19. The second-order valence-electron chi connectivity index (χ2n) is 3.10. The Kier molecular flexibility index (Phi) is 4.42. The molecule has 0 aliphatic carbocycles. The van der Waals surface area contributed by atoms with Gasteiger partial charge in [0.2, 0.25) is 0 Å². The minimum absolute atomic E-state index is 0.227. The standard InChI is InChI=1S/C12H14OS/c1-3-5-6-7-11(13)12-9-8-10(4-2)14-12/h1,8-9H,4-7H2,2H3. The van der Waals surface area contributed by atoms with E-state index in [1.807, 2.05) is 12.1 Å². The fourth-order valence-corrected chi connectivity index (χ4v) is 2.11. The van der Waals surface area contributed by atoms with Crippen LogP contribution in [0.5, 0.6) is 0 Å². The first-order valence-electron chi connectivity index (χ1n) is 4.83. The molecule has 0 saturated carbocycles. The SMILES string of the molecule is C#CCCCC(=O)c1ccc(CC)s1. The number of carbonyl (C=O) groups is 1. The van der Waals surface area contributed by atoms with Gasteiger partial charge in [-0.15, -0.1) is 23.7 Å². The molecule has 0 N–H and O–H groups in total. The van der Waals surface area contributed by atoms with E-state index in [0.29, 0.717) is 12.8 Å². The highest BCUT2D eigenvalue weighted by Gasteiger charge is 2.07. The predicted molar refractivity (Wildman–Crippen MR) is 60.7 cm³/mol. The first kappa shape index (κ1) is 11.0. The number of Topliss-reactive ketones (excluding diaryl/α,β-unsaturated/α-hetero) is 1. The molecule has 0 aliphatic heterocycles. The molecule has 0 amide bonds. The molecule has 0 spiro atoms. The maximum Gasteiger partial charge on any atom is 0.172 e. The molecule has 14 heavy (non-hydrogen) atoms. The monoisotopic (exact) mass is 206 g/mol. The number of carbonyl (C=O) groups excluding carboxylic acids is 1. The van der Waals surface area contributed by atoms with Crippen molar-refractivity contribution in [3.8, 4) is 12.3 Å². The largest absolute Gasteiger partial charge is 0.293 e. The Morgan fingerprint density at radius 1 is 1.57 bits per heavy atom. The number of ketones is 1. The van der Waals surface area contributed by atoms with Crippen molar-refractivity contribution in [2.24, 2.45) is 0 Å². The normalized spacial score (nSPS) is 9.71. The van der Waals surface area contributed by atoms with Crippen molar-refractivity contribution in [1.29, 1.82) is 0 Å². The molecule has 0 bridgehead atoms. The third kappa shape index (κ3) is 3.01. The molecule has 1 aromatic heterocycles. The Labute approximate surface area is 89.2 Å².